The van der Waals surface area contributed by atoms with Crippen LogP contribution in [0.25, 0.3) is 0 Å². The van der Waals surface area contributed by atoms with Crippen LogP contribution in [0.15, 0.2) is 41.8 Å². The number of sulfonamides is 1. The number of rotatable bonds is 7. The third-order valence-corrected chi connectivity index (χ3v) is 6.40. The van der Waals surface area contributed by atoms with Gasteiger partial charge in [0.15, 0.2) is 6.10 Å². The van der Waals surface area contributed by atoms with Crippen LogP contribution in [0.5, 0.6) is 0 Å². The average Bonchev–Trinajstić information content (AvgIpc) is 2.71. The Balaban J connectivity index is 1.92. The number of benzene rings is 1. The van der Waals surface area contributed by atoms with Crippen molar-refractivity contribution in [3.05, 3.63) is 42.5 Å². The molecular weight excluding hydrogens is 382 g/mol. The molecule has 1 aromatic carbocycles. The molecule has 1 saturated heterocycles. The molecule has 150 valence electrons. The van der Waals surface area contributed by atoms with Crippen LogP contribution in [0, 0.1) is 17.2 Å². The Kier molecular flexibility index (Phi) is 7.31. The van der Waals surface area contributed by atoms with E-state index in [-0.39, 0.29) is 24.5 Å². The lowest BCUT2D eigenvalue weighted by molar-refractivity contribution is -0.159. The van der Waals surface area contributed by atoms with E-state index in [1.807, 2.05) is 6.07 Å². The standard InChI is InChI=1S/C19H23N3O5S/c1-3-10-21-18(23)14(2)27-19(24)16-8-11-22(12-9-16)28(25,26)17-6-4-15(13-20)5-7-17/h3-7,14,16H,1,8-12H2,2H3,(H,21,23)/t14-/m0/s1. The van der Waals surface area contributed by atoms with E-state index in [4.69, 9.17) is 10.00 Å². The van der Waals surface area contributed by atoms with Crippen LogP contribution in [0.4, 0.5) is 0 Å². The second kappa shape index (κ2) is 9.48. The molecule has 1 atom stereocenters. The minimum atomic E-state index is -3.68. The number of nitrogens with one attached hydrogen (secondary N) is 1. The van der Waals surface area contributed by atoms with E-state index in [1.54, 1.807) is 0 Å². The molecule has 1 heterocycles. The molecule has 1 amide bonds. The number of esters is 1. The number of carbonyl (C=O) groups is 2. The summed E-state index contributed by atoms with van der Waals surface area (Å²) < 4.78 is 31.9. The molecule has 0 aromatic heterocycles. The van der Waals surface area contributed by atoms with Gasteiger partial charge < -0.3 is 10.1 Å². The maximum atomic E-state index is 12.7. The highest BCUT2D eigenvalue weighted by molar-refractivity contribution is 7.89. The lowest BCUT2D eigenvalue weighted by Crippen LogP contribution is -2.42. The van der Waals surface area contributed by atoms with Crippen molar-refractivity contribution < 1.29 is 22.7 Å². The first-order valence-corrected chi connectivity index (χ1v) is 10.3. The monoisotopic (exact) mass is 405 g/mol. The van der Waals surface area contributed by atoms with Gasteiger partial charge in [-0.1, -0.05) is 6.08 Å². The zero-order valence-corrected chi connectivity index (χ0v) is 16.4. The zero-order valence-electron chi connectivity index (χ0n) is 15.6. The van der Waals surface area contributed by atoms with Gasteiger partial charge in [-0.15, -0.1) is 6.58 Å². The van der Waals surface area contributed by atoms with Gasteiger partial charge in [0.2, 0.25) is 10.0 Å². The predicted octanol–water partition coefficient (Wildman–Crippen LogP) is 1.19. The molecular formula is C19H23N3O5S. The molecule has 8 nitrogen and oxygen atoms in total. The Morgan fingerprint density at radius 2 is 1.96 bits per heavy atom. The Hall–Kier alpha value is -2.70. The van der Waals surface area contributed by atoms with E-state index in [2.05, 4.69) is 11.9 Å². The van der Waals surface area contributed by atoms with Gasteiger partial charge >= 0.3 is 5.97 Å². The zero-order chi connectivity index (χ0) is 20.7. The molecule has 1 aliphatic rings. The molecule has 1 aromatic rings. The molecule has 1 aliphatic heterocycles. The molecule has 28 heavy (non-hydrogen) atoms. The second-order valence-electron chi connectivity index (χ2n) is 6.43. The summed E-state index contributed by atoms with van der Waals surface area (Å²) in [5.74, 6) is -1.37. The van der Waals surface area contributed by atoms with Gasteiger partial charge in [-0.05, 0) is 44.0 Å². The smallest absolute Gasteiger partial charge is 0.309 e. The molecule has 0 radical (unpaired) electrons. The van der Waals surface area contributed by atoms with Gasteiger partial charge in [-0.25, -0.2) is 8.42 Å². The van der Waals surface area contributed by atoms with E-state index in [0.717, 1.165) is 0 Å². The minimum absolute atomic E-state index is 0.111. The number of nitrogens with zero attached hydrogens (tertiary/aromatic N) is 2. The van der Waals surface area contributed by atoms with E-state index >= 15 is 0 Å². The number of piperidine rings is 1. The van der Waals surface area contributed by atoms with Crippen molar-refractivity contribution in [1.82, 2.24) is 9.62 Å². The van der Waals surface area contributed by atoms with Crippen molar-refractivity contribution in [2.75, 3.05) is 19.6 Å². The molecule has 2 rings (SSSR count). The normalized spacial score (nSPS) is 16.6. The maximum Gasteiger partial charge on any atom is 0.309 e. The van der Waals surface area contributed by atoms with Crippen molar-refractivity contribution in [2.45, 2.75) is 30.8 Å². The summed E-state index contributed by atoms with van der Waals surface area (Å²) in [5.41, 5.74) is 0.381. The van der Waals surface area contributed by atoms with Crippen LogP contribution in [-0.2, 0) is 24.3 Å². The van der Waals surface area contributed by atoms with E-state index < -0.39 is 33.9 Å². The minimum Gasteiger partial charge on any atom is -0.452 e. The third kappa shape index (κ3) is 5.18. The van der Waals surface area contributed by atoms with Crippen molar-refractivity contribution in [3.8, 4) is 6.07 Å². The Labute approximate surface area is 164 Å². The van der Waals surface area contributed by atoms with Crippen LogP contribution in [-0.4, -0.2) is 50.3 Å². The quantitative estimate of drug-likeness (QED) is 0.538. The first-order chi connectivity index (χ1) is 13.3. The molecule has 0 saturated carbocycles. The largest absolute Gasteiger partial charge is 0.452 e. The second-order valence-corrected chi connectivity index (χ2v) is 8.37. The average molecular weight is 405 g/mol. The van der Waals surface area contributed by atoms with Crippen LogP contribution in [0.2, 0.25) is 0 Å². The molecule has 0 bridgehead atoms. The number of carbonyl (C=O) groups excluding carboxylic acids is 2. The van der Waals surface area contributed by atoms with E-state index in [1.165, 1.54) is 41.6 Å². The third-order valence-electron chi connectivity index (χ3n) is 4.49. The van der Waals surface area contributed by atoms with Crippen molar-refractivity contribution in [2.24, 2.45) is 5.92 Å². The van der Waals surface area contributed by atoms with Gasteiger partial charge in [0.05, 0.1) is 22.4 Å². The highest BCUT2D eigenvalue weighted by Crippen LogP contribution is 2.25. The summed E-state index contributed by atoms with van der Waals surface area (Å²) in [4.78, 5) is 24.1. The van der Waals surface area contributed by atoms with Gasteiger partial charge in [0.1, 0.15) is 0 Å². The lowest BCUT2D eigenvalue weighted by atomic mass is 9.98. The van der Waals surface area contributed by atoms with Crippen LogP contribution >= 0.6 is 0 Å². The molecule has 0 aliphatic carbocycles. The Morgan fingerprint density at radius 1 is 1.36 bits per heavy atom. The predicted molar refractivity (Wildman–Crippen MR) is 101 cm³/mol. The fraction of sp³-hybridized carbons (Fsp3) is 0.421. The molecule has 9 heteroatoms. The molecule has 1 N–H and O–H groups in total. The van der Waals surface area contributed by atoms with Crippen molar-refractivity contribution in [1.29, 1.82) is 5.26 Å². The molecule has 0 unspecified atom stereocenters. The van der Waals surface area contributed by atoms with Gasteiger partial charge in [0.25, 0.3) is 5.91 Å². The van der Waals surface area contributed by atoms with Crippen LogP contribution in [0.1, 0.15) is 25.3 Å². The fourth-order valence-electron chi connectivity index (χ4n) is 2.82. The summed E-state index contributed by atoms with van der Waals surface area (Å²) in [5, 5.41) is 11.4. The van der Waals surface area contributed by atoms with Gasteiger partial charge in [0, 0.05) is 19.6 Å². The number of hydrogen-bond donors (Lipinski definition) is 1. The number of ether oxygens (including phenoxy) is 1. The summed E-state index contributed by atoms with van der Waals surface area (Å²) in [7, 11) is -3.68. The number of hydrogen-bond acceptors (Lipinski definition) is 6. The Morgan fingerprint density at radius 3 is 2.50 bits per heavy atom. The van der Waals surface area contributed by atoms with Crippen LogP contribution < -0.4 is 5.32 Å². The van der Waals surface area contributed by atoms with Crippen molar-refractivity contribution in [3.63, 3.8) is 0 Å². The summed E-state index contributed by atoms with van der Waals surface area (Å²) in [6.07, 6.45) is 1.23. The topological polar surface area (TPSA) is 117 Å². The first-order valence-electron chi connectivity index (χ1n) is 8.89. The first kappa shape index (κ1) is 21.6. The highest BCUT2D eigenvalue weighted by atomic mass is 32.2. The lowest BCUT2D eigenvalue weighted by Gasteiger charge is -2.30. The number of amides is 1. The van der Waals surface area contributed by atoms with Gasteiger partial charge in [-0.3, -0.25) is 9.59 Å². The van der Waals surface area contributed by atoms with Crippen molar-refractivity contribution >= 4 is 21.9 Å². The van der Waals surface area contributed by atoms with Crippen LogP contribution in [0.3, 0.4) is 0 Å². The Bertz CT molecular complexity index is 866. The maximum absolute atomic E-state index is 12.7. The molecule has 1 fully saturated rings. The van der Waals surface area contributed by atoms with E-state index in [0.29, 0.717) is 18.4 Å². The molecule has 0 spiro atoms. The SMILES string of the molecule is C=CCNC(=O)[C@H](C)OC(=O)C1CCN(S(=O)(=O)c2ccc(C#N)cc2)CC1. The summed E-state index contributed by atoms with van der Waals surface area (Å²) in [6.45, 7) is 5.62. The van der Waals surface area contributed by atoms with E-state index in [9.17, 15) is 18.0 Å². The number of nitriles is 1. The fourth-order valence-corrected chi connectivity index (χ4v) is 4.29. The summed E-state index contributed by atoms with van der Waals surface area (Å²) in [6, 6.07) is 7.65. The highest BCUT2D eigenvalue weighted by Gasteiger charge is 2.33. The van der Waals surface area contributed by atoms with Gasteiger partial charge in [-0.2, -0.15) is 9.57 Å². The summed E-state index contributed by atoms with van der Waals surface area (Å²) >= 11 is 0.